The molecular formula is C21H33F3N2. The molecule has 0 heterocycles. The van der Waals surface area contributed by atoms with Crippen LogP contribution in [0.25, 0.3) is 0 Å². The lowest BCUT2D eigenvalue weighted by Gasteiger charge is -2.12. The quantitative estimate of drug-likeness (QED) is 0.598. The van der Waals surface area contributed by atoms with E-state index in [9.17, 15) is 13.2 Å². The Labute approximate surface area is 157 Å². The lowest BCUT2D eigenvalue weighted by molar-refractivity contribution is 0.151. The molecule has 0 aliphatic rings. The Kier molecular flexibility index (Phi) is 15.2. The van der Waals surface area contributed by atoms with E-state index in [0.717, 1.165) is 11.4 Å². The molecule has 0 atom stereocenters. The minimum Gasteiger partial charge on any atom is -0.378 e. The first-order chi connectivity index (χ1) is 12.3. The Morgan fingerprint density at radius 1 is 0.692 bits per heavy atom. The van der Waals surface area contributed by atoms with Gasteiger partial charge in [0.25, 0.3) is 6.43 Å². The van der Waals surface area contributed by atoms with Crippen molar-refractivity contribution < 1.29 is 13.2 Å². The smallest absolute Gasteiger partial charge is 0.263 e. The Morgan fingerprint density at radius 3 is 1.46 bits per heavy atom. The predicted molar refractivity (Wildman–Crippen MR) is 109 cm³/mol. The summed E-state index contributed by atoms with van der Waals surface area (Å²) in [6.45, 7) is 8.00. The molecule has 2 rings (SSSR count). The van der Waals surface area contributed by atoms with Crippen molar-refractivity contribution >= 4 is 11.4 Å². The van der Waals surface area contributed by atoms with Crippen molar-refractivity contribution in [1.29, 1.82) is 0 Å². The minimum absolute atomic E-state index is 0.0706. The average Bonchev–Trinajstić information content (AvgIpc) is 2.65. The van der Waals surface area contributed by atoms with Gasteiger partial charge in [-0.1, -0.05) is 45.9 Å². The molecule has 2 aromatic carbocycles. The fourth-order valence-electron chi connectivity index (χ4n) is 1.69. The second-order valence-electron chi connectivity index (χ2n) is 5.16. The van der Waals surface area contributed by atoms with Crippen LogP contribution in [0.1, 0.15) is 39.7 Å². The standard InChI is InChI=1S/C9H11F2N.C8H10FN.2C2H6/c1-12(2)8-5-3-4-7(6-8)9(10)11;1-10(2)8-5-3-4-7(9)6-8;2*1-2/h3-6,9H,1-2H3;3-6H,1-2H3;2*1-2H3. The summed E-state index contributed by atoms with van der Waals surface area (Å²) in [5.41, 5.74) is 1.76. The summed E-state index contributed by atoms with van der Waals surface area (Å²) >= 11 is 0. The number of hydrogen-bond donors (Lipinski definition) is 0. The summed E-state index contributed by atoms with van der Waals surface area (Å²) in [7, 11) is 7.42. The Bertz CT molecular complexity index is 562. The average molecular weight is 371 g/mol. The topological polar surface area (TPSA) is 6.48 Å². The highest BCUT2D eigenvalue weighted by atomic mass is 19.3. The molecule has 0 fully saturated rings. The second-order valence-corrected chi connectivity index (χ2v) is 5.16. The number of rotatable bonds is 3. The van der Waals surface area contributed by atoms with Crippen LogP contribution in [0.3, 0.4) is 0 Å². The highest BCUT2D eigenvalue weighted by Gasteiger charge is 2.06. The van der Waals surface area contributed by atoms with Crippen LogP contribution in [-0.2, 0) is 0 Å². The van der Waals surface area contributed by atoms with Gasteiger partial charge >= 0.3 is 0 Å². The van der Waals surface area contributed by atoms with E-state index in [1.807, 2.05) is 66.9 Å². The third-order valence-corrected chi connectivity index (χ3v) is 2.96. The molecule has 5 heteroatoms. The van der Waals surface area contributed by atoms with E-state index in [4.69, 9.17) is 0 Å². The van der Waals surface area contributed by atoms with Gasteiger partial charge < -0.3 is 9.80 Å². The van der Waals surface area contributed by atoms with Crippen molar-refractivity contribution in [3.63, 3.8) is 0 Å². The number of benzene rings is 2. The Morgan fingerprint density at radius 2 is 1.12 bits per heavy atom. The van der Waals surface area contributed by atoms with Gasteiger partial charge in [-0.3, -0.25) is 0 Å². The van der Waals surface area contributed by atoms with Crippen molar-refractivity contribution in [2.24, 2.45) is 0 Å². The first-order valence-electron chi connectivity index (χ1n) is 8.79. The van der Waals surface area contributed by atoms with E-state index >= 15 is 0 Å². The SMILES string of the molecule is CC.CC.CN(C)c1cccc(C(F)F)c1.CN(C)c1cccc(F)c1. The first-order valence-corrected chi connectivity index (χ1v) is 8.79. The highest BCUT2D eigenvalue weighted by Crippen LogP contribution is 2.22. The van der Waals surface area contributed by atoms with E-state index in [1.165, 1.54) is 24.3 Å². The van der Waals surface area contributed by atoms with Gasteiger partial charge in [-0.2, -0.15) is 0 Å². The number of anilines is 2. The largest absolute Gasteiger partial charge is 0.378 e. The fourth-order valence-corrected chi connectivity index (χ4v) is 1.69. The maximum atomic E-state index is 12.5. The second kappa shape index (κ2) is 15.1. The fraction of sp³-hybridized carbons (Fsp3) is 0.429. The van der Waals surface area contributed by atoms with E-state index in [-0.39, 0.29) is 11.4 Å². The van der Waals surface area contributed by atoms with Gasteiger partial charge in [0.1, 0.15) is 5.82 Å². The molecule has 0 N–H and O–H groups in total. The van der Waals surface area contributed by atoms with Crippen LogP contribution in [0, 0.1) is 5.82 Å². The molecule has 0 aromatic heterocycles. The van der Waals surface area contributed by atoms with Gasteiger partial charge in [-0.05, 0) is 30.3 Å². The normalized spacial score (nSPS) is 8.92. The molecule has 0 amide bonds. The van der Waals surface area contributed by atoms with E-state index in [1.54, 1.807) is 23.1 Å². The molecule has 0 aliphatic heterocycles. The molecule has 0 unspecified atom stereocenters. The maximum absolute atomic E-state index is 12.5. The van der Waals surface area contributed by atoms with Crippen LogP contribution in [0.4, 0.5) is 24.5 Å². The van der Waals surface area contributed by atoms with Gasteiger partial charge in [0.2, 0.25) is 0 Å². The summed E-state index contributed by atoms with van der Waals surface area (Å²) in [5, 5.41) is 0. The minimum atomic E-state index is -2.38. The summed E-state index contributed by atoms with van der Waals surface area (Å²) in [6, 6.07) is 12.9. The molecule has 0 saturated heterocycles. The van der Waals surface area contributed by atoms with Crippen molar-refractivity contribution in [2.45, 2.75) is 34.1 Å². The summed E-state index contributed by atoms with van der Waals surface area (Å²) in [4.78, 5) is 3.66. The summed E-state index contributed by atoms with van der Waals surface area (Å²) in [6.07, 6.45) is -2.38. The van der Waals surface area contributed by atoms with Crippen LogP contribution in [-0.4, -0.2) is 28.2 Å². The molecule has 26 heavy (non-hydrogen) atoms. The lowest BCUT2D eigenvalue weighted by atomic mass is 10.2. The van der Waals surface area contributed by atoms with Crippen molar-refractivity contribution in [3.8, 4) is 0 Å². The molecule has 0 spiro atoms. The molecule has 0 bridgehead atoms. The first kappa shape index (κ1) is 26.1. The predicted octanol–water partition coefficient (Wildman–Crippen LogP) is 6.63. The van der Waals surface area contributed by atoms with Crippen LogP contribution in [0.2, 0.25) is 0 Å². The summed E-state index contributed by atoms with van der Waals surface area (Å²) in [5.74, 6) is -0.189. The zero-order valence-corrected chi connectivity index (χ0v) is 17.2. The molecule has 148 valence electrons. The van der Waals surface area contributed by atoms with E-state index in [0.29, 0.717) is 0 Å². The van der Waals surface area contributed by atoms with Crippen molar-refractivity contribution in [2.75, 3.05) is 38.0 Å². The maximum Gasteiger partial charge on any atom is 0.263 e. The van der Waals surface area contributed by atoms with Gasteiger partial charge in [0.15, 0.2) is 0 Å². The zero-order valence-electron chi connectivity index (χ0n) is 17.2. The van der Waals surface area contributed by atoms with Crippen LogP contribution in [0.5, 0.6) is 0 Å². The van der Waals surface area contributed by atoms with E-state index < -0.39 is 6.43 Å². The van der Waals surface area contributed by atoms with Gasteiger partial charge in [0.05, 0.1) is 0 Å². The molecule has 0 aliphatic carbocycles. The van der Waals surface area contributed by atoms with Crippen molar-refractivity contribution in [3.05, 3.63) is 59.9 Å². The summed E-state index contributed by atoms with van der Waals surface area (Å²) < 4.78 is 36.9. The van der Waals surface area contributed by atoms with Gasteiger partial charge in [0, 0.05) is 45.1 Å². The zero-order chi connectivity index (χ0) is 20.7. The van der Waals surface area contributed by atoms with Gasteiger partial charge in [-0.15, -0.1) is 0 Å². The van der Waals surface area contributed by atoms with Crippen LogP contribution in [0.15, 0.2) is 48.5 Å². The van der Waals surface area contributed by atoms with Gasteiger partial charge in [-0.25, -0.2) is 13.2 Å². The van der Waals surface area contributed by atoms with Crippen molar-refractivity contribution in [1.82, 2.24) is 0 Å². The molecule has 0 saturated carbocycles. The number of nitrogens with zero attached hydrogens (tertiary/aromatic N) is 2. The highest BCUT2D eigenvalue weighted by molar-refractivity contribution is 5.47. The lowest BCUT2D eigenvalue weighted by Crippen LogP contribution is -2.08. The van der Waals surface area contributed by atoms with Crippen LogP contribution < -0.4 is 9.80 Å². The molecule has 2 nitrogen and oxygen atoms in total. The third kappa shape index (κ3) is 10.6. The Balaban J connectivity index is 0. The van der Waals surface area contributed by atoms with Crippen LogP contribution >= 0.6 is 0 Å². The molecule has 0 radical (unpaired) electrons. The molecular weight excluding hydrogens is 337 g/mol. The monoisotopic (exact) mass is 370 g/mol. The van der Waals surface area contributed by atoms with E-state index in [2.05, 4.69) is 0 Å². The third-order valence-electron chi connectivity index (χ3n) is 2.96. The Hall–Kier alpha value is -2.17. The number of halogens is 3. The number of hydrogen-bond acceptors (Lipinski definition) is 2. The molecule has 2 aromatic rings. The number of alkyl halides is 2.